The summed E-state index contributed by atoms with van der Waals surface area (Å²) in [6.07, 6.45) is -2.17. The maximum absolute atomic E-state index is 13.3. The van der Waals surface area contributed by atoms with Crippen LogP contribution in [0.5, 0.6) is 5.75 Å². The van der Waals surface area contributed by atoms with Crippen LogP contribution in [0.1, 0.15) is 45.5 Å². The summed E-state index contributed by atoms with van der Waals surface area (Å²) < 4.78 is 60.8. The first-order valence-electron chi connectivity index (χ1n) is 11.9. The summed E-state index contributed by atoms with van der Waals surface area (Å²) in [4.78, 5) is 36.8. The van der Waals surface area contributed by atoms with E-state index < -0.39 is 38.0 Å². The second kappa shape index (κ2) is 11.6. The fourth-order valence-corrected chi connectivity index (χ4v) is 7.17. The van der Waals surface area contributed by atoms with E-state index in [9.17, 15) is 31.2 Å². The summed E-state index contributed by atoms with van der Waals surface area (Å²) in [5, 5.41) is 8.75. The second-order valence-electron chi connectivity index (χ2n) is 8.75. The van der Waals surface area contributed by atoms with Crippen molar-refractivity contribution in [1.82, 2.24) is 14.5 Å². The highest BCUT2D eigenvalue weighted by Crippen LogP contribution is 2.33. The van der Waals surface area contributed by atoms with Gasteiger partial charge in [-0.25, -0.2) is 26.6 Å². The molecule has 0 fully saturated rings. The standard InChI is InChI=1S/C26H25N3O9S2/c1-38-19-13-9-17(10-14-19)25(31)18-11-15-20(16-12-18)39(34,35)28-23(7-4-8-24(30)27-33)29-26(32)21-5-2-3-6-22(21)40(29,36)37/h2-3,5-6,9-16,23,28,33H,4,7-8H2,1H3,(H,27,30). The van der Waals surface area contributed by atoms with Gasteiger partial charge in [-0.15, -0.1) is 0 Å². The minimum Gasteiger partial charge on any atom is -0.497 e. The largest absolute Gasteiger partial charge is 0.497 e. The van der Waals surface area contributed by atoms with Gasteiger partial charge in [-0.3, -0.25) is 19.6 Å². The summed E-state index contributed by atoms with van der Waals surface area (Å²) in [7, 11) is -7.33. The number of hydrogen-bond acceptors (Lipinski definition) is 9. The lowest BCUT2D eigenvalue weighted by molar-refractivity contribution is -0.129. The van der Waals surface area contributed by atoms with Crippen molar-refractivity contribution in [3.05, 3.63) is 89.5 Å². The first-order chi connectivity index (χ1) is 19.0. The number of amides is 2. The van der Waals surface area contributed by atoms with E-state index in [0.29, 0.717) is 15.6 Å². The molecular weight excluding hydrogens is 562 g/mol. The number of ether oxygens (including phenoxy) is 1. The van der Waals surface area contributed by atoms with Crippen LogP contribution in [0.2, 0.25) is 0 Å². The molecular formula is C26H25N3O9S2. The van der Waals surface area contributed by atoms with E-state index in [1.54, 1.807) is 24.3 Å². The van der Waals surface area contributed by atoms with Crippen LogP contribution in [0.3, 0.4) is 0 Å². The van der Waals surface area contributed by atoms with Crippen molar-refractivity contribution in [3.8, 4) is 5.75 Å². The molecule has 0 bridgehead atoms. The average molecular weight is 588 g/mol. The van der Waals surface area contributed by atoms with Gasteiger partial charge in [-0.05, 0) is 73.5 Å². The van der Waals surface area contributed by atoms with E-state index >= 15 is 0 Å². The molecule has 1 aliphatic rings. The Labute approximate surface area is 230 Å². The molecule has 0 aromatic heterocycles. The van der Waals surface area contributed by atoms with Crippen molar-refractivity contribution in [3.63, 3.8) is 0 Å². The number of rotatable bonds is 11. The molecule has 3 aromatic rings. The molecule has 1 heterocycles. The maximum Gasteiger partial charge on any atom is 0.270 e. The molecule has 0 saturated carbocycles. The fourth-order valence-electron chi connectivity index (χ4n) is 4.19. The summed E-state index contributed by atoms with van der Waals surface area (Å²) in [5.74, 6) is -1.48. The number of ketones is 1. The zero-order chi connectivity index (χ0) is 29.1. The molecule has 0 spiro atoms. The number of methoxy groups -OCH3 is 1. The number of sulfonamides is 2. The predicted molar refractivity (Wildman–Crippen MR) is 141 cm³/mol. The molecule has 12 nitrogen and oxygen atoms in total. The van der Waals surface area contributed by atoms with E-state index in [-0.39, 0.29) is 46.0 Å². The minimum atomic E-state index is -4.42. The Bertz CT molecular complexity index is 1650. The molecule has 1 atom stereocenters. The SMILES string of the molecule is COc1ccc(C(=O)c2ccc(S(=O)(=O)NC(CCCC(=O)NO)N3C(=O)c4ccccc4S3(=O)=O)cc2)cc1. The van der Waals surface area contributed by atoms with Crippen molar-refractivity contribution >= 4 is 37.6 Å². The van der Waals surface area contributed by atoms with Gasteiger partial charge < -0.3 is 4.74 Å². The molecule has 2 amide bonds. The second-order valence-corrected chi connectivity index (χ2v) is 12.2. The monoisotopic (exact) mass is 587 g/mol. The number of hydroxylamine groups is 1. The zero-order valence-electron chi connectivity index (χ0n) is 21.1. The van der Waals surface area contributed by atoms with E-state index in [2.05, 4.69) is 4.72 Å². The molecule has 0 radical (unpaired) electrons. The molecule has 3 N–H and O–H groups in total. The Balaban J connectivity index is 1.60. The summed E-state index contributed by atoms with van der Waals surface area (Å²) in [6.45, 7) is 0. The lowest BCUT2D eigenvalue weighted by Gasteiger charge is -2.27. The van der Waals surface area contributed by atoms with E-state index in [0.717, 1.165) is 0 Å². The Morgan fingerprint density at radius 1 is 0.975 bits per heavy atom. The number of carbonyl (C=O) groups is 3. The van der Waals surface area contributed by atoms with Crippen molar-refractivity contribution in [2.75, 3.05) is 7.11 Å². The van der Waals surface area contributed by atoms with Crippen LogP contribution in [0.15, 0.2) is 82.6 Å². The molecule has 0 saturated heterocycles. The number of carbonyl (C=O) groups excluding carboxylic acids is 3. The van der Waals surface area contributed by atoms with Crippen LogP contribution in [-0.4, -0.2) is 57.2 Å². The summed E-state index contributed by atoms with van der Waals surface area (Å²) in [6, 6.07) is 16.9. The maximum atomic E-state index is 13.3. The van der Waals surface area contributed by atoms with Crippen molar-refractivity contribution < 1.29 is 41.2 Å². The molecule has 1 unspecified atom stereocenters. The third-order valence-corrected chi connectivity index (χ3v) is 9.54. The van der Waals surface area contributed by atoms with Crippen LogP contribution < -0.4 is 14.9 Å². The van der Waals surface area contributed by atoms with Gasteiger partial charge in [0.2, 0.25) is 15.9 Å². The van der Waals surface area contributed by atoms with Gasteiger partial charge in [0.25, 0.3) is 15.9 Å². The lowest BCUT2D eigenvalue weighted by Crippen LogP contribution is -2.50. The molecule has 210 valence electrons. The molecule has 0 aliphatic carbocycles. The van der Waals surface area contributed by atoms with Crippen LogP contribution in [0.4, 0.5) is 0 Å². The van der Waals surface area contributed by atoms with Crippen molar-refractivity contribution in [2.45, 2.75) is 35.2 Å². The average Bonchev–Trinajstić information content (AvgIpc) is 3.16. The Morgan fingerprint density at radius 2 is 1.57 bits per heavy atom. The number of benzene rings is 3. The Morgan fingerprint density at radius 3 is 2.15 bits per heavy atom. The smallest absolute Gasteiger partial charge is 0.270 e. The first-order valence-corrected chi connectivity index (χ1v) is 14.8. The molecule has 40 heavy (non-hydrogen) atoms. The van der Waals surface area contributed by atoms with E-state index in [4.69, 9.17) is 9.94 Å². The number of fused-ring (bicyclic) bond motifs is 1. The van der Waals surface area contributed by atoms with Gasteiger partial charge in [0.1, 0.15) is 16.8 Å². The third-order valence-electron chi connectivity index (χ3n) is 6.21. The van der Waals surface area contributed by atoms with Gasteiger partial charge in [-0.1, -0.05) is 12.1 Å². The van der Waals surface area contributed by atoms with E-state index in [1.807, 2.05) is 0 Å². The van der Waals surface area contributed by atoms with Crippen LogP contribution in [0, 0.1) is 0 Å². The molecule has 4 rings (SSSR count). The Kier molecular flexibility index (Phi) is 8.34. The quantitative estimate of drug-likeness (QED) is 0.172. The Hall–Kier alpha value is -4.11. The highest BCUT2D eigenvalue weighted by molar-refractivity contribution is 7.91. The molecule has 3 aromatic carbocycles. The summed E-state index contributed by atoms with van der Waals surface area (Å²) in [5.41, 5.74) is 1.90. The number of nitrogens with one attached hydrogen (secondary N) is 2. The third kappa shape index (κ3) is 5.74. The van der Waals surface area contributed by atoms with Gasteiger partial charge in [0, 0.05) is 17.5 Å². The van der Waals surface area contributed by atoms with Crippen molar-refractivity contribution in [2.24, 2.45) is 0 Å². The zero-order valence-corrected chi connectivity index (χ0v) is 22.7. The normalized spacial score (nSPS) is 14.8. The highest BCUT2D eigenvalue weighted by Gasteiger charge is 2.46. The topological polar surface area (TPSA) is 176 Å². The van der Waals surface area contributed by atoms with Crippen molar-refractivity contribution in [1.29, 1.82) is 0 Å². The predicted octanol–water partition coefficient (Wildman–Crippen LogP) is 2.05. The minimum absolute atomic E-state index is 0.0650. The molecule has 14 heteroatoms. The number of nitrogens with zero attached hydrogens (tertiary/aromatic N) is 1. The summed E-state index contributed by atoms with van der Waals surface area (Å²) >= 11 is 0. The van der Waals surface area contributed by atoms with Crippen LogP contribution >= 0.6 is 0 Å². The molecule has 1 aliphatic heterocycles. The lowest BCUT2D eigenvalue weighted by atomic mass is 10.0. The fraction of sp³-hybridized carbons (Fsp3) is 0.192. The van der Waals surface area contributed by atoms with Gasteiger partial charge >= 0.3 is 0 Å². The van der Waals surface area contributed by atoms with E-state index in [1.165, 1.54) is 61.1 Å². The van der Waals surface area contributed by atoms with Gasteiger partial charge in [0.05, 0.1) is 17.6 Å². The number of hydrogen-bond donors (Lipinski definition) is 3. The first kappa shape index (κ1) is 28.9. The van der Waals surface area contributed by atoms with Crippen LogP contribution in [-0.2, 0) is 24.8 Å². The highest BCUT2D eigenvalue weighted by atomic mass is 32.2. The van der Waals surface area contributed by atoms with Gasteiger partial charge in [0.15, 0.2) is 5.78 Å². The van der Waals surface area contributed by atoms with Crippen LogP contribution in [0.25, 0.3) is 0 Å². The van der Waals surface area contributed by atoms with Gasteiger partial charge in [-0.2, -0.15) is 4.72 Å².